The van der Waals surface area contributed by atoms with Crippen LogP contribution in [0.25, 0.3) is 0 Å². The first-order chi connectivity index (χ1) is 8.63. The molecule has 1 N–H and O–H groups in total. The fourth-order valence-corrected chi connectivity index (χ4v) is 3.31. The van der Waals surface area contributed by atoms with Crippen molar-refractivity contribution in [2.75, 3.05) is 14.1 Å². The number of aliphatic hydroxyl groups excluding tert-OH is 1. The van der Waals surface area contributed by atoms with E-state index >= 15 is 0 Å². The number of hydrogen-bond donors (Lipinski definition) is 1. The van der Waals surface area contributed by atoms with Gasteiger partial charge in [-0.25, -0.2) is 0 Å². The first-order valence-corrected chi connectivity index (χ1v) is 7.60. The Morgan fingerprint density at radius 2 is 1.83 bits per heavy atom. The summed E-state index contributed by atoms with van der Waals surface area (Å²) in [6, 6.07) is 0. The van der Waals surface area contributed by atoms with Gasteiger partial charge in [-0.3, -0.25) is 0 Å². The second-order valence-electron chi connectivity index (χ2n) is 6.00. The third kappa shape index (κ3) is 4.10. The molecule has 0 aromatic heterocycles. The van der Waals surface area contributed by atoms with Gasteiger partial charge < -0.3 is 10.0 Å². The maximum atomic E-state index is 10.6. The van der Waals surface area contributed by atoms with Gasteiger partial charge in [-0.05, 0) is 46.2 Å². The molecule has 1 aliphatic rings. The fraction of sp³-hybridized carbons (Fsp3) is 0.875. The first kappa shape index (κ1) is 15.7. The van der Waals surface area contributed by atoms with Gasteiger partial charge >= 0.3 is 0 Å². The molecule has 0 aromatic rings. The normalized spacial score (nSPS) is 20.9. The molecule has 0 saturated heterocycles. The maximum Gasteiger partial charge on any atom is 0.0723 e. The van der Waals surface area contributed by atoms with Gasteiger partial charge in [-0.2, -0.15) is 0 Å². The lowest BCUT2D eigenvalue weighted by Gasteiger charge is -2.46. The van der Waals surface area contributed by atoms with Crippen LogP contribution in [-0.4, -0.2) is 35.7 Å². The van der Waals surface area contributed by atoms with Crippen LogP contribution in [-0.2, 0) is 0 Å². The summed E-state index contributed by atoms with van der Waals surface area (Å²) >= 11 is 0. The molecule has 1 rings (SSSR count). The lowest BCUT2D eigenvalue weighted by molar-refractivity contribution is -0.0365. The van der Waals surface area contributed by atoms with E-state index in [-0.39, 0.29) is 11.6 Å². The van der Waals surface area contributed by atoms with Crippen molar-refractivity contribution in [3.05, 3.63) is 12.7 Å². The summed E-state index contributed by atoms with van der Waals surface area (Å²) < 4.78 is 0. The van der Waals surface area contributed by atoms with Crippen molar-refractivity contribution in [3.63, 3.8) is 0 Å². The van der Waals surface area contributed by atoms with E-state index in [9.17, 15) is 5.11 Å². The van der Waals surface area contributed by atoms with Gasteiger partial charge in [0, 0.05) is 5.54 Å². The molecule has 0 aliphatic heterocycles. The van der Waals surface area contributed by atoms with E-state index in [0.29, 0.717) is 0 Å². The van der Waals surface area contributed by atoms with E-state index in [0.717, 1.165) is 32.1 Å². The molecule has 2 nitrogen and oxygen atoms in total. The Labute approximate surface area is 113 Å². The molecule has 0 amide bonds. The van der Waals surface area contributed by atoms with Crippen LogP contribution in [0.1, 0.15) is 64.2 Å². The number of unbranched alkanes of at least 4 members (excludes halogenated alkanes) is 3. The summed E-state index contributed by atoms with van der Waals surface area (Å²) in [6.45, 7) is 3.75. The van der Waals surface area contributed by atoms with Crippen molar-refractivity contribution in [2.45, 2.75) is 75.9 Å². The summed E-state index contributed by atoms with van der Waals surface area (Å²) in [5, 5.41) is 10.6. The van der Waals surface area contributed by atoms with Crippen molar-refractivity contribution in [1.29, 1.82) is 0 Å². The average molecular weight is 253 g/mol. The summed E-state index contributed by atoms with van der Waals surface area (Å²) in [4.78, 5) is 2.28. The van der Waals surface area contributed by atoms with E-state index in [4.69, 9.17) is 0 Å². The molecule has 1 atom stereocenters. The zero-order chi connectivity index (χ0) is 13.4. The van der Waals surface area contributed by atoms with E-state index < -0.39 is 0 Å². The quantitative estimate of drug-likeness (QED) is 0.526. The Hall–Kier alpha value is -0.340. The Morgan fingerprint density at radius 1 is 1.17 bits per heavy atom. The largest absolute Gasteiger partial charge is 0.391 e. The minimum atomic E-state index is -0.156. The lowest BCUT2D eigenvalue weighted by atomic mass is 9.75. The Kier molecular flexibility index (Phi) is 6.95. The topological polar surface area (TPSA) is 23.5 Å². The van der Waals surface area contributed by atoms with Crippen LogP contribution in [0.2, 0.25) is 0 Å². The average Bonchev–Trinajstić information content (AvgIpc) is 2.39. The number of aliphatic hydroxyl groups is 1. The lowest BCUT2D eigenvalue weighted by Crippen LogP contribution is -2.54. The molecule has 1 aliphatic carbocycles. The highest BCUT2D eigenvalue weighted by Crippen LogP contribution is 2.36. The molecule has 0 bridgehead atoms. The number of likely N-dealkylation sites (N-methyl/N-ethyl adjacent to an activating group) is 1. The molecule has 106 valence electrons. The van der Waals surface area contributed by atoms with Crippen molar-refractivity contribution >= 4 is 0 Å². The van der Waals surface area contributed by atoms with Crippen LogP contribution in [0.15, 0.2) is 12.7 Å². The first-order valence-electron chi connectivity index (χ1n) is 7.60. The standard InChI is InChI=1S/C16H31NO/c1-4-5-6-7-9-12-15(18)16(17(2)3)13-10-8-11-14-16/h4,15,18H,1,5-14H2,2-3H3. The molecule has 0 spiro atoms. The molecule has 1 fully saturated rings. The zero-order valence-corrected chi connectivity index (χ0v) is 12.3. The summed E-state index contributed by atoms with van der Waals surface area (Å²) in [5.74, 6) is 0. The van der Waals surface area contributed by atoms with Crippen molar-refractivity contribution in [3.8, 4) is 0 Å². The number of nitrogens with zero attached hydrogens (tertiary/aromatic N) is 1. The zero-order valence-electron chi connectivity index (χ0n) is 12.3. The van der Waals surface area contributed by atoms with Crippen molar-refractivity contribution in [2.24, 2.45) is 0 Å². The van der Waals surface area contributed by atoms with Crippen molar-refractivity contribution < 1.29 is 5.11 Å². The smallest absolute Gasteiger partial charge is 0.0723 e. The van der Waals surface area contributed by atoms with Gasteiger partial charge in [0.25, 0.3) is 0 Å². The van der Waals surface area contributed by atoms with E-state index in [1.807, 2.05) is 6.08 Å². The highest BCUT2D eigenvalue weighted by molar-refractivity contribution is 4.96. The Morgan fingerprint density at radius 3 is 2.39 bits per heavy atom. The fourth-order valence-electron chi connectivity index (χ4n) is 3.31. The molecular formula is C16H31NO. The predicted molar refractivity (Wildman–Crippen MR) is 78.8 cm³/mol. The number of rotatable bonds is 8. The van der Waals surface area contributed by atoms with Gasteiger partial charge in [0.15, 0.2) is 0 Å². The molecular weight excluding hydrogens is 222 g/mol. The highest BCUT2D eigenvalue weighted by atomic mass is 16.3. The van der Waals surface area contributed by atoms with Crippen LogP contribution in [0.3, 0.4) is 0 Å². The number of allylic oxidation sites excluding steroid dienone is 1. The summed E-state index contributed by atoms with van der Waals surface area (Å²) in [6.07, 6.45) is 13.7. The van der Waals surface area contributed by atoms with Crippen LogP contribution in [0, 0.1) is 0 Å². The van der Waals surface area contributed by atoms with Crippen LogP contribution >= 0.6 is 0 Å². The van der Waals surface area contributed by atoms with E-state index in [2.05, 4.69) is 25.6 Å². The molecule has 0 radical (unpaired) electrons. The molecule has 18 heavy (non-hydrogen) atoms. The second-order valence-corrected chi connectivity index (χ2v) is 6.00. The molecule has 1 unspecified atom stereocenters. The molecule has 2 heteroatoms. The van der Waals surface area contributed by atoms with E-state index in [1.165, 1.54) is 32.1 Å². The maximum absolute atomic E-state index is 10.6. The Bertz CT molecular complexity index is 231. The van der Waals surface area contributed by atoms with Gasteiger partial charge in [0.05, 0.1) is 6.10 Å². The predicted octanol–water partition coefficient (Wildman–Crippen LogP) is 3.75. The minimum absolute atomic E-state index is 0.0523. The highest BCUT2D eigenvalue weighted by Gasteiger charge is 2.40. The minimum Gasteiger partial charge on any atom is -0.391 e. The van der Waals surface area contributed by atoms with Gasteiger partial charge in [-0.1, -0.05) is 38.2 Å². The Balaban J connectivity index is 2.39. The third-order valence-corrected chi connectivity index (χ3v) is 4.62. The van der Waals surface area contributed by atoms with E-state index in [1.54, 1.807) is 0 Å². The van der Waals surface area contributed by atoms with Crippen LogP contribution in [0.4, 0.5) is 0 Å². The van der Waals surface area contributed by atoms with Gasteiger partial charge in [-0.15, -0.1) is 6.58 Å². The van der Waals surface area contributed by atoms with Crippen LogP contribution < -0.4 is 0 Å². The third-order valence-electron chi connectivity index (χ3n) is 4.62. The monoisotopic (exact) mass is 253 g/mol. The van der Waals surface area contributed by atoms with Crippen LogP contribution in [0.5, 0.6) is 0 Å². The second kappa shape index (κ2) is 7.96. The molecule has 0 heterocycles. The molecule has 0 aromatic carbocycles. The summed E-state index contributed by atoms with van der Waals surface area (Å²) in [5.41, 5.74) is 0.0523. The SMILES string of the molecule is C=CCCCCCC(O)C1(N(C)C)CCCCC1. The molecule has 1 saturated carbocycles. The summed E-state index contributed by atoms with van der Waals surface area (Å²) in [7, 11) is 4.26. The number of hydrogen-bond acceptors (Lipinski definition) is 2. The van der Waals surface area contributed by atoms with Crippen molar-refractivity contribution in [1.82, 2.24) is 4.90 Å². The van der Waals surface area contributed by atoms with Gasteiger partial charge in [0.2, 0.25) is 0 Å². The van der Waals surface area contributed by atoms with Gasteiger partial charge in [0.1, 0.15) is 0 Å².